The van der Waals surface area contributed by atoms with Crippen LogP contribution in [-0.4, -0.2) is 61.7 Å². The van der Waals surface area contributed by atoms with E-state index < -0.39 is 0 Å². The van der Waals surface area contributed by atoms with Gasteiger partial charge in [0.05, 0.1) is 11.5 Å². The maximum absolute atomic E-state index is 10.1. The van der Waals surface area contributed by atoms with Gasteiger partial charge in [-0.05, 0) is 56.8 Å². The highest BCUT2D eigenvalue weighted by Gasteiger charge is 2.35. The second kappa shape index (κ2) is 12.2. The highest BCUT2D eigenvalue weighted by molar-refractivity contribution is 5.46. The first kappa shape index (κ1) is 25.3. The van der Waals surface area contributed by atoms with Crippen molar-refractivity contribution in [1.29, 1.82) is 5.26 Å². The number of para-hydroxylation sites is 1. The third-order valence-electron chi connectivity index (χ3n) is 7.35. The predicted octanol–water partition coefficient (Wildman–Crippen LogP) is 5.42. The van der Waals surface area contributed by atoms with E-state index in [9.17, 15) is 5.26 Å². The second-order valence-corrected chi connectivity index (χ2v) is 10.0. The van der Waals surface area contributed by atoms with E-state index in [0.29, 0.717) is 12.0 Å². The maximum Gasteiger partial charge on any atom is 0.0845 e. The van der Waals surface area contributed by atoms with Crippen LogP contribution in [0.15, 0.2) is 60.7 Å². The molecule has 1 fully saturated rings. The molecule has 1 heterocycles. The summed E-state index contributed by atoms with van der Waals surface area (Å²) >= 11 is 0. The Morgan fingerprint density at radius 1 is 0.848 bits per heavy atom. The first-order valence-corrected chi connectivity index (χ1v) is 12.7. The maximum atomic E-state index is 10.1. The van der Waals surface area contributed by atoms with E-state index in [0.717, 1.165) is 58.7 Å². The quantitative estimate of drug-likeness (QED) is 0.462. The largest absolute Gasteiger partial charge is 0.368 e. The van der Waals surface area contributed by atoms with Crippen molar-refractivity contribution in [3.05, 3.63) is 66.2 Å². The highest BCUT2D eigenvalue weighted by Crippen LogP contribution is 2.36. The lowest BCUT2D eigenvalue weighted by Gasteiger charge is -2.38. The van der Waals surface area contributed by atoms with Crippen LogP contribution < -0.4 is 4.90 Å². The Labute approximate surface area is 201 Å². The first-order valence-electron chi connectivity index (χ1n) is 12.7. The minimum atomic E-state index is -0.388. The first-order chi connectivity index (χ1) is 16.0. The number of nitrogens with zero attached hydrogens (tertiary/aromatic N) is 4. The minimum absolute atomic E-state index is 0.301. The van der Waals surface area contributed by atoms with Gasteiger partial charge in [-0.25, -0.2) is 0 Å². The standard InChI is InChI=1S/C29H42N4/c1-25(2)29(24-30,27-12-7-5-8-13-27)16-11-17-31-18-20-32(21-19-31)22-23-33(26(3)4)28-14-9-6-10-15-28/h5-10,12-15,25-26H,11,16-23H2,1-4H3. The van der Waals surface area contributed by atoms with E-state index in [-0.39, 0.29) is 5.41 Å². The number of hydrogen-bond donors (Lipinski definition) is 0. The zero-order chi connectivity index (χ0) is 23.7. The molecule has 0 bridgehead atoms. The average molecular weight is 447 g/mol. The molecule has 1 unspecified atom stereocenters. The van der Waals surface area contributed by atoms with Crippen molar-refractivity contribution in [3.8, 4) is 6.07 Å². The van der Waals surface area contributed by atoms with E-state index in [1.54, 1.807) is 0 Å². The molecule has 0 aliphatic carbocycles. The molecule has 0 N–H and O–H groups in total. The predicted molar refractivity (Wildman–Crippen MR) is 140 cm³/mol. The lowest BCUT2D eigenvalue weighted by Crippen LogP contribution is -2.49. The van der Waals surface area contributed by atoms with Crippen LogP contribution in [0.3, 0.4) is 0 Å². The van der Waals surface area contributed by atoms with E-state index in [4.69, 9.17) is 0 Å². The molecule has 1 aliphatic rings. The Bertz CT molecular complexity index is 850. The molecule has 178 valence electrons. The van der Waals surface area contributed by atoms with E-state index >= 15 is 0 Å². The third kappa shape index (κ3) is 6.59. The SMILES string of the molecule is CC(C)N(CCN1CCN(CCCC(C#N)(c2ccccc2)C(C)C)CC1)c1ccccc1. The lowest BCUT2D eigenvalue weighted by molar-refractivity contribution is 0.130. The van der Waals surface area contributed by atoms with Gasteiger partial charge in [-0.2, -0.15) is 5.26 Å². The van der Waals surface area contributed by atoms with Crippen molar-refractivity contribution >= 4 is 5.69 Å². The van der Waals surface area contributed by atoms with Crippen molar-refractivity contribution < 1.29 is 0 Å². The van der Waals surface area contributed by atoms with Gasteiger partial charge in [0.25, 0.3) is 0 Å². The molecular weight excluding hydrogens is 404 g/mol. The summed E-state index contributed by atoms with van der Waals surface area (Å²) in [5.41, 5.74) is 2.09. The van der Waals surface area contributed by atoms with Crippen LogP contribution in [0.5, 0.6) is 0 Å². The second-order valence-electron chi connectivity index (χ2n) is 10.0. The highest BCUT2D eigenvalue weighted by atomic mass is 15.3. The van der Waals surface area contributed by atoms with Crippen LogP contribution in [0.4, 0.5) is 5.69 Å². The smallest absolute Gasteiger partial charge is 0.0845 e. The topological polar surface area (TPSA) is 33.5 Å². The van der Waals surface area contributed by atoms with Gasteiger partial charge < -0.3 is 9.80 Å². The fraction of sp³-hybridized carbons (Fsp3) is 0.552. The molecule has 0 radical (unpaired) electrons. The van der Waals surface area contributed by atoms with Gasteiger partial charge in [-0.3, -0.25) is 4.90 Å². The normalized spacial score (nSPS) is 17.1. The summed E-state index contributed by atoms with van der Waals surface area (Å²) in [4.78, 5) is 7.69. The van der Waals surface area contributed by atoms with Gasteiger partial charge in [0.1, 0.15) is 0 Å². The van der Waals surface area contributed by atoms with Crippen molar-refractivity contribution in [2.45, 2.75) is 52.0 Å². The minimum Gasteiger partial charge on any atom is -0.368 e. The van der Waals surface area contributed by atoms with Crippen LogP contribution in [0.1, 0.15) is 46.1 Å². The van der Waals surface area contributed by atoms with Crippen LogP contribution in [0.25, 0.3) is 0 Å². The van der Waals surface area contributed by atoms with Crippen molar-refractivity contribution in [2.24, 2.45) is 5.92 Å². The van der Waals surface area contributed by atoms with E-state index in [1.807, 2.05) is 6.07 Å². The molecule has 1 aliphatic heterocycles. The molecule has 2 aromatic carbocycles. The summed E-state index contributed by atoms with van der Waals surface area (Å²) in [5, 5.41) is 10.1. The van der Waals surface area contributed by atoms with Crippen molar-refractivity contribution in [1.82, 2.24) is 9.80 Å². The molecule has 4 nitrogen and oxygen atoms in total. The van der Waals surface area contributed by atoms with Crippen LogP contribution in [0.2, 0.25) is 0 Å². The van der Waals surface area contributed by atoms with Gasteiger partial charge in [0, 0.05) is 51.0 Å². The van der Waals surface area contributed by atoms with Crippen LogP contribution in [-0.2, 0) is 5.41 Å². The van der Waals surface area contributed by atoms with Gasteiger partial charge in [0.15, 0.2) is 0 Å². The summed E-state index contributed by atoms with van der Waals surface area (Å²) in [6.45, 7) is 16.7. The van der Waals surface area contributed by atoms with Gasteiger partial charge in [0.2, 0.25) is 0 Å². The summed E-state index contributed by atoms with van der Waals surface area (Å²) < 4.78 is 0. The Kier molecular flexibility index (Phi) is 9.35. The number of hydrogen-bond acceptors (Lipinski definition) is 4. The molecule has 33 heavy (non-hydrogen) atoms. The lowest BCUT2D eigenvalue weighted by atomic mass is 9.70. The average Bonchev–Trinajstić information content (AvgIpc) is 2.84. The van der Waals surface area contributed by atoms with Gasteiger partial charge in [-0.1, -0.05) is 62.4 Å². The molecule has 1 atom stereocenters. The molecule has 0 aromatic heterocycles. The van der Waals surface area contributed by atoms with Crippen molar-refractivity contribution in [2.75, 3.05) is 50.7 Å². The molecular formula is C29H42N4. The fourth-order valence-corrected chi connectivity index (χ4v) is 5.12. The molecule has 0 amide bonds. The number of nitriles is 1. The Morgan fingerprint density at radius 3 is 1.91 bits per heavy atom. The van der Waals surface area contributed by atoms with E-state index in [2.05, 4.69) is 103 Å². The molecule has 1 saturated heterocycles. The molecule has 2 aromatic rings. The Balaban J connectivity index is 1.45. The van der Waals surface area contributed by atoms with Crippen LogP contribution >= 0.6 is 0 Å². The summed E-state index contributed by atoms with van der Waals surface area (Å²) in [6.07, 6.45) is 1.99. The van der Waals surface area contributed by atoms with Gasteiger partial charge in [-0.15, -0.1) is 0 Å². The number of piperazine rings is 1. The number of anilines is 1. The Hall–Kier alpha value is -2.35. The summed E-state index contributed by atoms with van der Waals surface area (Å²) in [6, 6.07) is 24.4. The van der Waals surface area contributed by atoms with E-state index in [1.165, 1.54) is 11.3 Å². The monoisotopic (exact) mass is 446 g/mol. The zero-order valence-electron chi connectivity index (χ0n) is 21.1. The van der Waals surface area contributed by atoms with Crippen LogP contribution in [0, 0.1) is 17.2 Å². The zero-order valence-corrected chi connectivity index (χ0v) is 21.1. The third-order valence-corrected chi connectivity index (χ3v) is 7.35. The van der Waals surface area contributed by atoms with Crippen molar-refractivity contribution in [3.63, 3.8) is 0 Å². The Morgan fingerprint density at radius 2 is 1.39 bits per heavy atom. The summed E-state index contributed by atoms with van der Waals surface area (Å²) in [7, 11) is 0. The van der Waals surface area contributed by atoms with Gasteiger partial charge >= 0.3 is 0 Å². The fourth-order valence-electron chi connectivity index (χ4n) is 5.12. The molecule has 0 spiro atoms. The molecule has 3 rings (SSSR count). The summed E-state index contributed by atoms with van der Waals surface area (Å²) in [5.74, 6) is 0.301. The molecule has 0 saturated carbocycles. The molecule has 4 heteroatoms. The number of benzene rings is 2. The number of rotatable bonds is 11.